The molecule has 1 aromatic rings. The van der Waals surface area contributed by atoms with E-state index in [1.807, 2.05) is 97.1 Å². The van der Waals surface area contributed by atoms with Gasteiger partial charge in [-0.2, -0.15) is 0 Å². The van der Waals surface area contributed by atoms with Crippen molar-refractivity contribution in [3.63, 3.8) is 0 Å². The molecule has 0 atom stereocenters. The molecule has 26 heavy (non-hydrogen) atoms. The minimum absolute atomic E-state index is 0.830. The maximum atomic E-state index is 3.50. The molecule has 0 fully saturated rings. The second kappa shape index (κ2) is 12.2. The van der Waals surface area contributed by atoms with Gasteiger partial charge in [0.2, 0.25) is 0 Å². The second-order valence-electron chi connectivity index (χ2n) is 5.48. The van der Waals surface area contributed by atoms with Crippen LogP contribution in [0.1, 0.15) is 6.92 Å². The molecule has 0 unspecified atom stereocenters. The number of hydrogen-bond acceptors (Lipinski definition) is 2. The first-order valence-corrected chi connectivity index (χ1v) is 8.88. The summed E-state index contributed by atoms with van der Waals surface area (Å²) in [5.74, 6) is 0. The van der Waals surface area contributed by atoms with Gasteiger partial charge in [0.25, 0.3) is 0 Å². The van der Waals surface area contributed by atoms with E-state index in [0.29, 0.717) is 0 Å². The van der Waals surface area contributed by atoms with E-state index in [9.17, 15) is 0 Å². The lowest BCUT2D eigenvalue weighted by molar-refractivity contribution is 0.740. The van der Waals surface area contributed by atoms with Gasteiger partial charge in [0.1, 0.15) is 0 Å². The van der Waals surface area contributed by atoms with Gasteiger partial charge < -0.3 is 0 Å². The topological polar surface area (TPSA) is 15.3 Å². The number of rotatable bonds is 4. The fraction of sp³-hybridized carbons (Fsp3) is 0.0833. The molecule has 0 saturated carbocycles. The molecular formula is C24H26N2. The van der Waals surface area contributed by atoms with Crippen molar-refractivity contribution < 1.29 is 0 Å². The molecule has 1 aliphatic rings. The molecule has 2 rings (SSSR count). The third-order valence-electron chi connectivity index (χ3n) is 3.53. The maximum absolute atomic E-state index is 3.50. The van der Waals surface area contributed by atoms with Gasteiger partial charge in [0.15, 0.2) is 0 Å². The Kier molecular flexibility index (Phi) is 8.91. The highest BCUT2D eigenvalue weighted by molar-refractivity contribution is 5.45. The monoisotopic (exact) mass is 342 g/mol. The molecule has 0 aliphatic heterocycles. The standard InChI is InChI=1S/C24H26N2/c1-2-26(24-21-17-13-9-6-10-14-18-22-24)25-23-19-15-11-7-4-3-5-8-12-16-20-23/h3-22,25H,2H2,1H3/b4-3-,5-3?,7-4?,8-5-,9-6?,10-6?,11-7-,12-8?,13-9?,14-10?,15-11?,16-12-,17-13?,18-14?,19-15?,20-16?,21-17?,22-18?,23-19?,23-20?,24-21?,24-22?. The molecule has 0 spiro atoms. The first-order valence-electron chi connectivity index (χ1n) is 8.88. The van der Waals surface area contributed by atoms with Crippen molar-refractivity contribution in [2.24, 2.45) is 0 Å². The molecule has 0 saturated heterocycles. The van der Waals surface area contributed by atoms with Gasteiger partial charge >= 0.3 is 0 Å². The minimum atomic E-state index is 0.830. The average Bonchev–Trinajstić information content (AvgIpc) is 2.66. The van der Waals surface area contributed by atoms with Crippen LogP contribution < -0.4 is 10.4 Å². The minimum Gasteiger partial charge on any atom is -0.298 e. The van der Waals surface area contributed by atoms with Crippen molar-refractivity contribution in [3.05, 3.63) is 127 Å². The van der Waals surface area contributed by atoms with Crippen molar-refractivity contribution >= 4 is 5.69 Å². The molecule has 1 aliphatic carbocycles. The lowest BCUT2D eigenvalue weighted by atomic mass is 10.3. The zero-order chi connectivity index (χ0) is 18.3. The summed E-state index contributed by atoms with van der Waals surface area (Å²) in [6.07, 6.45) is 22.3. The van der Waals surface area contributed by atoms with Crippen molar-refractivity contribution in [2.75, 3.05) is 11.6 Å². The summed E-state index contributed by atoms with van der Waals surface area (Å²) >= 11 is 0. The quantitative estimate of drug-likeness (QED) is 0.694. The highest BCUT2D eigenvalue weighted by Gasteiger charge is 2.02. The number of hydrogen-bond donors (Lipinski definition) is 1. The summed E-state index contributed by atoms with van der Waals surface area (Å²) in [6, 6.07) is 18.4. The van der Waals surface area contributed by atoms with Crippen LogP contribution in [0.5, 0.6) is 0 Å². The van der Waals surface area contributed by atoms with Gasteiger partial charge in [-0.15, -0.1) is 0 Å². The van der Waals surface area contributed by atoms with E-state index < -0.39 is 0 Å². The normalized spacial score (nSPS) is 18.1. The molecule has 2 heteroatoms. The van der Waals surface area contributed by atoms with E-state index >= 15 is 0 Å². The largest absolute Gasteiger partial charge is 0.298 e. The molecule has 2 nitrogen and oxygen atoms in total. The van der Waals surface area contributed by atoms with E-state index in [1.54, 1.807) is 0 Å². The molecule has 0 bridgehead atoms. The van der Waals surface area contributed by atoms with Crippen molar-refractivity contribution in [1.82, 2.24) is 5.43 Å². The maximum Gasteiger partial charge on any atom is 0.0571 e. The van der Waals surface area contributed by atoms with Gasteiger partial charge in [0, 0.05) is 6.54 Å². The van der Waals surface area contributed by atoms with E-state index in [2.05, 4.69) is 41.6 Å². The molecule has 132 valence electrons. The molecule has 0 heterocycles. The third-order valence-corrected chi connectivity index (χ3v) is 3.53. The van der Waals surface area contributed by atoms with Gasteiger partial charge in [-0.25, -0.2) is 0 Å². The van der Waals surface area contributed by atoms with E-state index in [1.165, 1.54) is 0 Å². The van der Waals surface area contributed by atoms with Crippen LogP contribution in [0.3, 0.4) is 0 Å². The molecule has 0 radical (unpaired) electrons. The Hall–Kier alpha value is -3.26. The number of nitrogens with zero attached hydrogens (tertiary/aromatic N) is 1. The lowest BCUT2D eigenvalue weighted by Gasteiger charge is -2.25. The highest BCUT2D eigenvalue weighted by atomic mass is 15.5. The summed E-state index contributed by atoms with van der Waals surface area (Å²) in [5, 5.41) is 2.12. The van der Waals surface area contributed by atoms with Crippen LogP contribution in [0.4, 0.5) is 5.69 Å². The predicted octanol–water partition coefficient (Wildman–Crippen LogP) is 5.82. The highest BCUT2D eigenvalue weighted by Crippen LogP contribution is 2.10. The Morgan fingerprint density at radius 2 is 1.15 bits per heavy atom. The van der Waals surface area contributed by atoms with E-state index in [0.717, 1.165) is 17.9 Å². The first kappa shape index (κ1) is 19.1. The van der Waals surface area contributed by atoms with E-state index in [4.69, 9.17) is 0 Å². The van der Waals surface area contributed by atoms with Crippen LogP contribution in [-0.4, -0.2) is 6.54 Å². The van der Waals surface area contributed by atoms with Crippen molar-refractivity contribution in [3.8, 4) is 0 Å². The van der Waals surface area contributed by atoms with Gasteiger partial charge in [-0.1, -0.05) is 97.1 Å². The Bertz CT molecular complexity index is 753. The third kappa shape index (κ3) is 7.54. The zero-order valence-electron chi connectivity index (χ0n) is 15.2. The van der Waals surface area contributed by atoms with Crippen LogP contribution in [0.15, 0.2) is 127 Å². The predicted molar refractivity (Wildman–Crippen MR) is 114 cm³/mol. The number of nitrogens with one attached hydrogen (secondary N) is 1. The molecular weight excluding hydrogens is 316 g/mol. The summed E-state index contributed by atoms with van der Waals surface area (Å²) in [6.45, 7) is 2.96. The van der Waals surface area contributed by atoms with E-state index in [-0.39, 0.29) is 0 Å². The molecule has 0 aromatic heterocycles. The second-order valence-corrected chi connectivity index (χ2v) is 5.48. The number of anilines is 1. The van der Waals surface area contributed by atoms with Crippen molar-refractivity contribution in [2.45, 2.75) is 6.92 Å². The van der Waals surface area contributed by atoms with Gasteiger partial charge in [-0.05, 0) is 31.2 Å². The van der Waals surface area contributed by atoms with Crippen molar-refractivity contribution in [1.29, 1.82) is 0 Å². The molecule has 1 N–H and O–H groups in total. The summed E-state index contributed by atoms with van der Waals surface area (Å²) < 4.78 is 0. The molecule has 0 amide bonds. The van der Waals surface area contributed by atoms with Crippen LogP contribution >= 0.6 is 0 Å². The lowest BCUT2D eigenvalue weighted by Crippen LogP contribution is -2.36. The summed E-state index contributed by atoms with van der Waals surface area (Å²) in [4.78, 5) is 0. The average molecular weight is 342 g/mol. The smallest absolute Gasteiger partial charge is 0.0571 e. The SMILES string of the molecule is CCN(NC1=C\C=C/C=C\C=C/C=C\C=C1)c1ccccccccc1. The Labute approximate surface area is 157 Å². The fourth-order valence-electron chi connectivity index (χ4n) is 2.24. The zero-order valence-corrected chi connectivity index (χ0v) is 15.2. The van der Waals surface area contributed by atoms with Crippen LogP contribution in [0, 0.1) is 0 Å². The Balaban J connectivity index is 2.27. The van der Waals surface area contributed by atoms with Crippen LogP contribution in [0.2, 0.25) is 0 Å². The fourth-order valence-corrected chi connectivity index (χ4v) is 2.24. The summed E-state index contributed by atoms with van der Waals surface area (Å²) in [5.41, 5.74) is 5.60. The number of allylic oxidation sites excluding steroid dienone is 11. The van der Waals surface area contributed by atoms with Gasteiger partial charge in [0.05, 0.1) is 11.4 Å². The summed E-state index contributed by atoms with van der Waals surface area (Å²) in [7, 11) is 0. The Morgan fingerprint density at radius 1 is 0.654 bits per heavy atom. The van der Waals surface area contributed by atoms with Gasteiger partial charge in [-0.3, -0.25) is 10.4 Å². The Morgan fingerprint density at radius 3 is 1.73 bits per heavy atom. The van der Waals surface area contributed by atoms with Crippen LogP contribution in [-0.2, 0) is 0 Å². The molecule has 1 aromatic carbocycles. The first-order chi connectivity index (χ1) is 12.9. The van der Waals surface area contributed by atoms with Crippen LogP contribution in [0.25, 0.3) is 0 Å². The number of hydrazine groups is 1.